The molecule has 0 aliphatic carbocycles. The first-order chi connectivity index (χ1) is 8.58. The topological polar surface area (TPSA) is 20.3 Å². The van der Waals surface area contributed by atoms with E-state index in [2.05, 4.69) is 22.9 Å². The molecule has 0 saturated heterocycles. The highest BCUT2D eigenvalue weighted by atomic mass is 79.9. The van der Waals surface area contributed by atoms with Crippen molar-refractivity contribution in [3.63, 3.8) is 0 Å². The van der Waals surface area contributed by atoms with Crippen LogP contribution in [0.15, 0.2) is 18.2 Å². The second kappa shape index (κ2) is 8.03. The molecule has 1 amide bonds. The predicted molar refractivity (Wildman–Crippen MR) is 80.8 cm³/mol. The molecule has 18 heavy (non-hydrogen) atoms. The third kappa shape index (κ3) is 4.79. The van der Waals surface area contributed by atoms with Crippen LogP contribution in [0.1, 0.15) is 18.9 Å². The molecule has 0 aliphatic heterocycles. The van der Waals surface area contributed by atoms with Crippen LogP contribution >= 0.6 is 39.1 Å². The van der Waals surface area contributed by atoms with Crippen molar-refractivity contribution in [1.82, 2.24) is 4.90 Å². The van der Waals surface area contributed by atoms with Crippen molar-refractivity contribution < 1.29 is 4.79 Å². The Morgan fingerprint density at radius 2 is 2.00 bits per heavy atom. The molecule has 2 nitrogen and oxygen atoms in total. The molecule has 0 aromatic heterocycles. The molecule has 0 N–H and O–H groups in total. The van der Waals surface area contributed by atoms with Gasteiger partial charge in [-0.05, 0) is 24.1 Å². The van der Waals surface area contributed by atoms with Crippen LogP contribution < -0.4 is 0 Å². The second-order valence-corrected chi connectivity index (χ2v) is 5.60. The summed E-state index contributed by atoms with van der Waals surface area (Å²) in [5.41, 5.74) is 0.894. The van der Waals surface area contributed by atoms with Crippen LogP contribution in [0.4, 0.5) is 0 Å². The smallest absolute Gasteiger partial charge is 0.227 e. The van der Waals surface area contributed by atoms with E-state index in [1.807, 2.05) is 11.0 Å². The average Bonchev–Trinajstić information content (AvgIpc) is 2.33. The number of carbonyl (C=O) groups is 1. The van der Waals surface area contributed by atoms with Gasteiger partial charge in [-0.25, -0.2) is 0 Å². The number of halogens is 3. The van der Waals surface area contributed by atoms with Gasteiger partial charge in [-0.1, -0.05) is 52.1 Å². The highest BCUT2D eigenvalue weighted by molar-refractivity contribution is 9.09. The zero-order valence-electron chi connectivity index (χ0n) is 10.3. The van der Waals surface area contributed by atoms with Gasteiger partial charge in [0.15, 0.2) is 0 Å². The first-order valence-electron chi connectivity index (χ1n) is 5.86. The number of amides is 1. The fourth-order valence-electron chi connectivity index (χ4n) is 1.67. The van der Waals surface area contributed by atoms with Gasteiger partial charge in [0.25, 0.3) is 0 Å². The summed E-state index contributed by atoms with van der Waals surface area (Å²) in [7, 11) is 0. The summed E-state index contributed by atoms with van der Waals surface area (Å²) in [4.78, 5) is 14.0. The summed E-state index contributed by atoms with van der Waals surface area (Å²) in [5, 5.41) is 1.79. The Kier molecular flexibility index (Phi) is 7.05. The van der Waals surface area contributed by atoms with Crippen LogP contribution in [0.2, 0.25) is 10.0 Å². The first-order valence-corrected chi connectivity index (χ1v) is 7.74. The van der Waals surface area contributed by atoms with E-state index in [9.17, 15) is 4.79 Å². The van der Waals surface area contributed by atoms with Gasteiger partial charge in [0, 0.05) is 18.4 Å². The Morgan fingerprint density at radius 1 is 1.28 bits per heavy atom. The molecule has 0 saturated carbocycles. The molecule has 1 rings (SSSR count). The lowest BCUT2D eigenvalue weighted by Gasteiger charge is -2.21. The van der Waals surface area contributed by atoms with E-state index >= 15 is 0 Å². The maximum atomic E-state index is 12.1. The minimum Gasteiger partial charge on any atom is -0.342 e. The molecule has 0 fully saturated rings. The maximum absolute atomic E-state index is 12.1. The molecule has 100 valence electrons. The zero-order chi connectivity index (χ0) is 13.5. The average molecular weight is 353 g/mol. The van der Waals surface area contributed by atoms with Crippen LogP contribution in [-0.4, -0.2) is 29.2 Å². The monoisotopic (exact) mass is 351 g/mol. The predicted octanol–water partition coefficient (Wildman–Crippen LogP) is 4.17. The number of alkyl halides is 1. The summed E-state index contributed by atoms with van der Waals surface area (Å²) in [6, 6.07) is 5.31. The van der Waals surface area contributed by atoms with E-state index in [-0.39, 0.29) is 5.91 Å². The van der Waals surface area contributed by atoms with Crippen LogP contribution in [-0.2, 0) is 11.2 Å². The summed E-state index contributed by atoms with van der Waals surface area (Å²) >= 11 is 15.1. The Balaban J connectivity index is 2.69. The van der Waals surface area contributed by atoms with E-state index in [1.54, 1.807) is 12.1 Å². The number of nitrogens with zero attached hydrogens (tertiary/aromatic N) is 1. The van der Waals surface area contributed by atoms with Gasteiger partial charge in [-0.2, -0.15) is 0 Å². The Labute approximate surface area is 126 Å². The molecule has 1 aromatic carbocycles. The largest absolute Gasteiger partial charge is 0.342 e. The van der Waals surface area contributed by atoms with E-state index in [0.717, 1.165) is 30.4 Å². The van der Waals surface area contributed by atoms with E-state index in [0.29, 0.717) is 16.5 Å². The third-order valence-electron chi connectivity index (χ3n) is 2.54. The molecule has 0 radical (unpaired) electrons. The number of benzene rings is 1. The minimum atomic E-state index is 0.120. The lowest BCUT2D eigenvalue weighted by atomic mass is 10.1. The maximum Gasteiger partial charge on any atom is 0.227 e. The van der Waals surface area contributed by atoms with E-state index in [1.165, 1.54) is 0 Å². The molecule has 0 atom stereocenters. The van der Waals surface area contributed by atoms with Crippen molar-refractivity contribution in [1.29, 1.82) is 0 Å². The van der Waals surface area contributed by atoms with Crippen LogP contribution in [0.25, 0.3) is 0 Å². The number of carbonyl (C=O) groups excluding carboxylic acids is 1. The van der Waals surface area contributed by atoms with Gasteiger partial charge in [-0.15, -0.1) is 0 Å². The fourth-order valence-corrected chi connectivity index (χ4v) is 2.42. The van der Waals surface area contributed by atoms with Crippen molar-refractivity contribution in [3.05, 3.63) is 33.8 Å². The second-order valence-electron chi connectivity index (χ2n) is 4.00. The van der Waals surface area contributed by atoms with Gasteiger partial charge in [0.05, 0.1) is 16.5 Å². The molecular formula is C13H16BrCl2NO. The van der Waals surface area contributed by atoms with Crippen LogP contribution in [0.5, 0.6) is 0 Å². The number of hydrogen-bond donors (Lipinski definition) is 0. The summed E-state index contributed by atoms with van der Waals surface area (Å²) in [6.45, 7) is 3.58. The third-order valence-corrected chi connectivity index (χ3v) is 3.63. The van der Waals surface area contributed by atoms with Crippen molar-refractivity contribution in [2.45, 2.75) is 19.8 Å². The van der Waals surface area contributed by atoms with Gasteiger partial charge < -0.3 is 4.90 Å². The lowest BCUT2D eigenvalue weighted by molar-refractivity contribution is -0.130. The Morgan fingerprint density at radius 3 is 2.56 bits per heavy atom. The van der Waals surface area contributed by atoms with E-state index in [4.69, 9.17) is 23.2 Å². The van der Waals surface area contributed by atoms with Gasteiger partial charge in [0.2, 0.25) is 5.91 Å². The Hall–Kier alpha value is -0.250. The summed E-state index contributed by atoms with van der Waals surface area (Å²) in [5.74, 6) is 0.120. The quantitative estimate of drug-likeness (QED) is 0.703. The molecule has 0 spiro atoms. The molecule has 0 heterocycles. The van der Waals surface area contributed by atoms with Crippen LogP contribution in [0.3, 0.4) is 0 Å². The molecular weight excluding hydrogens is 337 g/mol. The zero-order valence-corrected chi connectivity index (χ0v) is 13.4. The fraction of sp³-hybridized carbons (Fsp3) is 0.462. The Bertz CT molecular complexity index is 406. The molecule has 0 unspecified atom stereocenters. The standard InChI is InChI=1S/C13H16BrCl2NO/c1-2-6-17(7-5-14)13(18)9-10-3-4-11(15)12(16)8-10/h3-4,8H,2,5-7,9H2,1H3. The normalized spacial score (nSPS) is 10.4. The molecule has 0 aliphatic rings. The summed E-state index contributed by atoms with van der Waals surface area (Å²) < 4.78 is 0. The minimum absolute atomic E-state index is 0.120. The number of rotatable bonds is 6. The highest BCUT2D eigenvalue weighted by Crippen LogP contribution is 2.23. The van der Waals surface area contributed by atoms with Gasteiger partial charge in [0.1, 0.15) is 0 Å². The molecule has 1 aromatic rings. The molecule has 0 bridgehead atoms. The lowest BCUT2D eigenvalue weighted by Crippen LogP contribution is -2.34. The SMILES string of the molecule is CCCN(CCBr)C(=O)Cc1ccc(Cl)c(Cl)c1. The van der Waals surface area contributed by atoms with Crippen molar-refractivity contribution >= 4 is 45.0 Å². The van der Waals surface area contributed by atoms with Crippen molar-refractivity contribution in [2.75, 3.05) is 18.4 Å². The summed E-state index contributed by atoms with van der Waals surface area (Å²) in [6.07, 6.45) is 1.32. The number of hydrogen-bond acceptors (Lipinski definition) is 1. The van der Waals surface area contributed by atoms with E-state index < -0.39 is 0 Å². The highest BCUT2D eigenvalue weighted by Gasteiger charge is 2.13. The molecule has 5 heteroatoms. The van der Waals surface area contributed by atoms with Crippen molar-refractivity contribution in [3.8, 4) is 0 Å². The first kappa shape index (κ1) is 15.8. The van der Waals surface area contributed by atoms with Crippen LogP contribution in [0, 0.1) is 0 Å². The van der Waals surface area contributed by atoms with Crippen molar-refractivity contribution in [2.24, 2.45) is 0 Å². The van der Waals surface area contributed by atoms with Gasteiger partial charge >= 0.3 is 0 Å². The van der Waals surface area contributed by atoms with Gasteiger partial charge in [-0.3, -0.25) is 4.79 Å².